The highest BCUT2D eigenvalue weighted by Crippen LogP contribution is 2.58. The highest BCUT2D eigenvalue weighted by Gasteiger charge is 2.57. The Morgan fingerprint density at radius 2 is 1.40 bits per heavy atom. The molecular weight excluding hydrogens is 660 g/mol. The third kappa shape index (κ3) is 5.60. The molecule has 3 aliphatic heterocycles. The summed E-state index contributed by atoms with van der Waals surface area (Å²) in [6.45, 7) is 4.71. The predicted molar refractivity (Wildman–Crippen MR) is 193 cm³/mol. The Bertz CT molecular complexity index is 1960. The zero-order chi connectivity index (χ0) is 36.8. The topological polar surface area (TPSA) is 148 Å². The van der Waals surface area contributed by atoms with Crippen LogP contribution in [-0.2, 0) is 32.5 Å². The molecule has 4 aromatic rings. The molecule has 5 heterocycles. The Hall–Kier alpha value is -4.93. The van der Waals surface area contributed by atoms with Crippen LogP contribution in [0.4, 0.5) is 0 Å². The summed E-state index contributed by atoms with van der Waals surface area (Å²) in [5.74, 6) is 1.69. The van der Waals surface area contributed by atoms with Crippen molar-refractivity contribution in [2.45, 2.75) is 76.6 Å². The van der Waals surface area contributed by atoms with Crippen LogP contribution in [0.5, 0.6) is 28.7 Å². The van der Waals surface area contributed by atoms with Crippen molar-refractivity contribution in [3.05, 3.63) is 99.1 Å². The Kier molecular flexibility index (Phi) is 9.71. The lowest BCUT2D eigenvalue weighted by atomic mass is 9.71. The van der Waals surface area contributed by atoms with Crippen molar-refractivity contribution in [1.82, 2.24) is 24.7 Å². The molecule has 272 valence electrons. The molecule has 0 spiro atoms. The fourth-order valence-corrected chi connectivity index (χ4v) is 9.28. The number of piperazine rings is 1. The van der Waals surface area contributed by atoms with Gasteiger partial charge in [0.15, 0.2) is 11.5 Å². The first-order valence-corrected chi connectivity index (χ1v) is 17.6. The van der Waals surface area contributed by atoms with Crippen LogP contribution in [-0.4, -0.2) is 93.0 Å². The molecule has 3 N–H and O–H groups in total. The number of methoxy groups -OCH3 is 3. The fourth-order valence-electron chi connectivity index (χ4n) is 9.28. The second kappa shape index (κ2) is 14.2. The summed E-state index contributed by atoms with van der Waals surface area (Å²) in [5, 5.41) is 45.8. The van der Waals surface area contributed by atoms with E-state index in [-0.39, 0.29) is 36.2 Å². The van der Waals surface area contributed by atoms with Crippen molar-refractivity contribution >= 4 is 0 Å². The van der Waals surface area contributed by atoms with E-state index >= 15 is 0 Å². The monoisotopic (exact) mass is 706 g/mol. The normalized spacial score (nSPS) is 22.2. The minimum atomic E-state index is -0.609. The standard InChI is InChI=1S/C40H46N6O6/c1-22-28(21-47)36(48)33-26(38(22)50-4)16-30-35-34-27(39(51-5)23(2)40(52-6)37(34)49)15-29(44(35)3)31(17-41)46(30)32(33)20-45(18-24-11-7-9-13-42-24)19-25-12-8-10-14-43-25/h7-14,29-32,35,47-49H,15-16,18-21H2,1-6H3/t29-,30+,31+,32+,35-/m1/s1. The number of likely N-dealkylation sites (N-methyl/N-ethyl adjacent to an activating group) is 1. The van der Waals surface area contributed by atoms with E-state index in [9.17, 15) is 20.6 Å². The van der Waals surface area contributed by atoms with Gasteiger partial charge in [0.1, 0.15) is 23.3 Å². The molecule has 2 aromatic heterocycles. The lowest BCUT2D eigenvalue weighted by molar-refractivity contribution is -0.0797. The van der Waals surface area contributed by atoms with E-state index in [4.69, 9.17) is 14.2 Å². The van der Waals surface area contributed by atoms with Crippen LogP contribution in [0, 0.1) is 25.2 Å². The third-order valence-electron chi connectivity index (χ3n) is 11.5. The Morgan fingerprint density at radius 3 is 1.94 bits per heavy atom. The first-order valence-electron chi connectivity index (χ1n) is 17.6. The lowest BCUT2D eigenvalue weighted by Gasteiger charge is -2.60. The number of benzene rings is 2. The highest BCUT2D eigenvalue weighted by molar-refractivity contribution is 5.66. The van der Waals surface area contributed by atoms with E-state index in [1.807, 2.05) is 57.3 Å². The van der Waals surface area contributed by atoms with Crippen molar-refractivity contribution in [3.8, 4) is 34.8 Å². The molecule has 0 unspecified atom stereocenters. The molecular formula is C40H46N6O6. The van der Waals surface area contributed by atoms with Crippen LogP contribution in [0.3, 0.4) is 0 Å². The van der Waals surface area contributed by atoms with Gasteiger partial charge >= 0.3 is 0 Å². The molecule has 0 aliphatic carbocycles. The van der Waals surface area contributed by atoms with E-state index in [1.165, 1.54) is 0 Å². The predicted octanol–water partition coefficient (Wildman–Crippen LogP) is 4.50. The molecule has 0 amide bonds. The number of hydrogen-bond acceptors (Lipinski definition) is 12. The number of pyridine rings is 2. The van der Waals surface area contributed by atoms with Gasteiger partial charge in [-0.15, -0.1) is 0 Å². The molecule has 2 aromatic carbocycles. The second-order valence-electron chi connectivity index (χ2n) is 14.0. The van der Waals surface area contributed by atoms with Crippen LogP contribution in [0.2, 0.25) is 0 Å². The summed E-state index contributed by atoms with van der Waals surface area (Å²) in [6, 6.07) is 12.2. The molecule has 7 rings (SSSR count). The van der Waals surface area contributed by atoms with Crippen molar-refractivity contribution < 1.29 is 29.5 Å². The average Bonchev–Trinajstić information content (AvgIpc) is 3.14. The van der Waals surface area contributed by atoms with Crippen LogP contribution in [0.25, 0.3) is 0 Å². The molecule has 1 saturated heterocycles. The van der Waals surface area contributed by atoms with E-state index < -0.39 is 12.1 Å². The summed E-state index contributed by atoms with van der Waals surface area (Å²) < 4.78 is 17.8. The Morgan fingerprint density at radius 1 is 0.827 bits per heavy atom. The quantitative estimate of drug-likeness (QED) is 0.213. The molecule has 1 fully saturated rings. The number of fused-ring (bicyclic) bond motifs is 7. The van der Waals surface area contributed by atoms with E-state index in [1.54, 1.807) is 33.7 Å². The van der Waals surface area contributed by atoms with Crippen LogP contribution >= 0.6 is 0 Å². The van der Waals surface area contributed by atoms with E-state index in [0.717, 1.165) is 28.1 Å². The second-order valence-corrected chi connectivity index (χ2v) is 14.0. The molecule has 52 heavy (non-hydrogen) atoms. The maximum atomic E-state index is 12.1. The summed E-state index contributed by atoms with van der Waals surface area (Å²) in [5.41, 5.74) is 6.56. The van der Waals surface area contributed by atoms with Crippen LogP contribution in [0.1, 0.15) is 62.4 Å². The summed E-state index contributed by atoms with van der Waals surface area (Å²) >= 11 is 0. The van der Waals surface area contributed by atoms with Gasteiger partial charge < -0.3 is 29.5 Å². The number of aliphatic hydroxyl groups excluding tert-OH is 1. The molecule has 5 atom stereocenters. The molecule has 3 aliphatic rings. The number of aromatic hydroxyl groups is 2. The summed E-state index contributed by atoms with van der Waals surface area (Å²) in [4.78, 5) is 16.0. The molecule has 0 saturated carbocycles. The maximum absolute atomic E-state index is 12.1. The molecule has 0 radical (unpaired) electrons. The Labute approximate surface area is 304 Å². The summed E-state index contributed by atoms with van der Waals surface area (Å²) in [6.07, 6.45) is 4.41. The van der Waals surface area contributed by atoms with Crippen molar-refractivity contribution in [2.75, 3.05) is 34.9 Å². The Balaban J connectivity index is 1.46. The fraction of sp³-hybridized carbons (Fsp3) is 0.425. The van der Waals surface area contributed by atoms with Crippen molar-refractivity contribution in [3.63, 3.8) is 0 Å². The smallest absolute Gasteiger partial charge is 0.167 e. The number of aliphatic hydroxyl groups is 1. The van der Waals surface area contributed by atoms with E-state index in [0.29, 0.717) is 72.0 Å². The van der Waals surface area contributed by atoms with Gasteiger partial charge in [0.25, 0.3) is 0 Å². The van der Waals surface area contributed by atoms with Gasteiger partial charge in [0.05, 0.1) is 57.5 Å². The third-order valence-corrected chi connectivity index (χ3v) is 11.5. The number of rotatable bonds is 10. The van der Waals surface area contributed by atoms with Gasteiger partial charge in [-0.1, -0.05) is 12.1 Å². The molecule has 2 bridgehead atoms. The zero-order valence-corrected chi connectivity index (χ0v) is 30.5. The number of nitriles is 1. The number of ether oxygens (including phenoxy) is 3. The number of nitrogens with zero attached hydrogens (tertiary/aromatic N) is 6. The molecule has 12 heteroatoms. The lowest BCUT2D eigenvalue weighted by Crippen LogP contribution is -2.68. The minimum Gasteiger partial charge on any atom is -0.507 e. The maximum Gasteiger partial charge on any atom is 0.167 e. The minimum absolute atomic E-state index is 0.0119. The van der Waals surface area contributed by atoms with Crippen molar-refractivity contribution in [1.29, 1.82) is 5.26 Å². The van der Waals surface area contributed by atoms with Gasteiger partial charge in [-0.2, -0.15) is 5.26 Å². The number of phenols is 2. The SMILES string of the molecule is COc1c(C)c(OC)c2c(c1O)[C@H]1[C@@H]3Cc4c(OC)c(C)c(CO)c(O)c4[C@H](CN(Cc4ccccn4)Cc4ccccn4)N3[C@@H](C#N)[C@@H](C2)N1C. The summed E-state index contributed by atoms with van der Waals surface area (Å²) in [7, 11) is 6.80. The first-order chi connectivity index (χ1) is 25.2. The largest absolute Gasteiger partial charge is 0.507 e. The van der Waals surface area contributed by atoms with E-state index in [2.05, 4.69) is 30.7 Å². The number of hydrogen-bond donors (Lipinski definition) is 3. The van der Waals surface area contributed by atoms with Crippen molar-refractivity contribution in [2.24, 2.45) is 0 Å². The van der Waals surface area contributed by atoms with Crippen LogP contribution in [0.15, 0.2) is 48.8 Å². The van der Waals surface area contributed by atoms with Gasteiger partial charge in [-0.3, -0.25) is 24.7 Å². The van der Waals surface area contributed by atoms with Gasteiger partial charge in [0.2, 0.25) is 0 Å². The number of phenolic OH excluding ortho intramolecular Hbond substituents is 1. The zero-order valence-electron chi connectivity index (χ0n) is 30.5. The van der Waals surface area contributed by atoms with Gasteiger partial charge in [0, 0.05) is 83.1 Å². The van der Waals surface area contributed by atoms with Gasteiger partial charge in [-0.25, -0.2) is 0 Å². The first kappa shape index (κ1) is 35.5. The van der Waals surface area contributed by atoms with Gasteiger partial charge in [-0.05, 0) is 58.0 Å². The number of aromatic nitrogens is 2. The highest BCUT2D eigenvalue weighted by atomic mass is 16.5. The van der Waals surface area contributed by atoms with Crippen LogP contribution < -0.4 is 14.2 Å². The molecule has 12 nitrogen and oxygen atoms in total. The average molecular weight is 707 g/mol.